The molecule has 1 saturated heterocycles. The number of thiophene rings is 1. The van der Waals surface area contributed by atoms with Gasteiger partial charge < -0.3 is 20.3 Å². The minimum Gasteiger partial charge on any atom is -0.374 e. The molecule has 3 aromatic rings. The first-order valence-electron chi connectivity index (χ1n) is 9.14. The monoisotopic (exact) mass is 431 g/mol. The molecule has 1 fully saturated rings. The maximum absolute atomic E-state index is 12.8. The van der Waals surface area contributed by atoms with Crippen molar-refractivity contribution in [3.8, 4) is 0 Å². The minimum atomic E-state index is -0.359. The second-order valence-corrected chi connectivity index (χ2v) is 9.10. The number of nitrogens with zero attached hydrogens (tertiary/aromatic N) is 4. The molecular weight excluding hydrogens is 410 g/mol. The number of morpholine rings is 1. The average Bonchev–Trinajstić information content (AvgIpc) is 3.30. The summed E-state index contributed by atoms with van der Waals surface area (Å²) in [5.41, 5.74) is 6.47. The Balaban J connectivity index is 1.62. The lowest BCUT2D eigenvalue weighted by molar-refractivity contribution is -0.138. The van der Waals surface area contributed by atoms with Crippen LogP contribution in [-0.4, -0.2) is 65.6 Å². The van der Waals surface area contributed by atoms with Gasteiger partial charge in [-0.2, -0.15) is 0 Å². The van der Waals surface area contributed by atoms with E-state index in [1.54, 1.807) is 23.9 Å². The fourth-order valence-corrected chi connectivity index (χ4v) is 5.25. The first-order valence-corrected chi connectivity index (χ1v) is 10.8. The molecule has 1 aliphatic rings. The smallest absolute Gasteiger partial charge is 0.263 e. The van der Waals surface area contributed by atoms with Crippen molar-refractivity contribution in [1.29, 1.82) is 0 Å². The van der Waals surface area contributed by atoms with Crippen LogP contribution < -0.4 is 5.73 Å². The maximum Gasteiger partial charge on any atom is 0.263 e. The molecule has 3 heterocycles. The lowest BCUT2D eigenvalue weighted by Gasteiger charge is -2.33. The third-order valence-electron chi connectivity index (χ3n) is 4.76. The first-order chi connectivity index (χ1) is 13.9. The quantitative estimate of drug-likeness (QED) is 0.679. The van der Waals surface area contributed by atoms with E-state index in [1.165, 1.54) is 22.7 Å². The van der Waals surface area contributed by atoms with Crippen LogP contribution >= 0.6 is 22.7 Å². The Bertz CT molecular complexity index is 1060. The molecule has 152 valence electrons. The van der Waals surface area contributed by atoms with Crippen LogP contribution in [0.2, 0.25) is 0 Å². The van der Waals surface area contributed by atoms with Gasteiger partial charge in [-0.1, -0.05) is 29.5 Å². The van der Waals surface area contributed by atoms with Crippen molar-refractivity contribution in [2.45, 2.75) is 12.5 Å². The van der Waals surface area contributed by atoms with Gasteiger partial charge in [-0.3, -0.25) is 9.59 Å². The number of carbonyl (C=O) groups is 2. The molecule has 1 atom stereocenters. The minimum absolute atomic E-state index is 0.0468. The summed E-state index contributed by atoms with van der Waals surface area (Å²) in [6.07, 6.45) is -0.197. The van der Waals surface area contributed by atoms with Crippen molar-refractivity contribution >= 4 is 49.7 Å². The van der Waals surface area contributed by atoms with Crippen LogP contribution in [0.15, 0.2) is 24.3 Å². The number of nitrogens with two attached hydrogens (primary N) is 1. The van der Waals surface area contributed by atoms with Crippen LogP contribution in [0.5, 0.6) is 0 Å². The molecule has 0 bridgehead atoms. The zero-order valence-electron chi connectivity index (χ0n) is 16.1. The number of ether oxygens (including phenoxy) is 1. The van der Waals surface area contributed by atoms with E-state index in [0.717, 1.165) is 15.6 Å². The van der Waals surface area contributed by atoms with Gasteiger partial charge in [0.15, 0.2) is 0 Å². The standard InChI is InChI=1S/C19H21N5O3S2/c1-23(2)18(26)17-16(11-5-3-4-6-13(11)28-17)12-10-24(7-8-27-12)15(25)9-14-21-22-19(20)29-14/h3-6,12H,7-10H2,1-2H3,(H2,20,22)/t12-/m1/s1. The zero-order chi connectivity index (χ0) is 20.5. The van der Waals surface area contributed by atoms with Gasteiger partial charge in [0.2, 0.25) is 11.0 Å². The molecule has 1 aromatic carbocycles. The van der Waals surface area contributed by atoms with Gasteiger partial charge in [0.05, 0.1) is 24.4 Å². The summed E-state index contributed by atoms with van der Waals surface area (Å²) in [4.78, 5) is 29.6. The number of carbonyl (C=O) groups excluding carboxylic acids is 2. The van der Waals surface area contributed by atoms with E-state index in [9.17, 15) is 9.59 Å². The van der Waals surface area contributed by atoms with Crippen molar-refractivity contribution in [2.75, 3.05) is 39.5 Å². The molecule has 2 amide bonds. The van der Waals surface area contributed by atoms with Gasteiger partial charge in [-0.15, -0.1) is 21.5 Å². The molecule has 8 nitrogen and oxygen atoms in total. The molecule has 2 aromatic heterocycles. The molecular formula is C19H21N5O3S2. The number of hydrogen-bond acceptors (Lipinski definition) is 8. The number of benzene rings is 1. The van der Waals surface area contributed by atoms with E-state index in [1.807, 2.05) is 24.3 Å². The Morgan fingerprint density at radius 2 is 2.07 bits per heavy atom. The van der Waals surface area contributed by atoms with E-state index in [4.69, 9.17) is 10.5 Å². The van der Waals surface area contributed by atoms with Crippen LogP contribution in [0.4, 0.5) is 5.13 Å². The van der Waals surface area contributed by atoms with Crippen molar-refractivity contribution in [1.82, 2.24) is 20.0 Å². The Labute approximate surface area is 175 Å². The molecule has 10 heteroatoms. The van der Waals surface area contributed by atoms with E-state index in [-0.39, 0.29) is 24.3 Å². The van der Waals surface area contributed by atoms with Crippen molar-refractivity contribution in [2.24, 2.45) is 0 Å². The molecule has 0 spiro atoms. The van der Waals surface area contributed by atoms with E-state index in [0.29, 0.717) is 34.7 Å². The molecule has 29 heavy (non-hydrogen) atoms. The summed E-state index contributed by atoms with van der Waals surface area (Å²) in [5.74, 6) is -0.105. The average molecular weight is 432 g/mol. The van der Waals surface area contributed by atoms with Crippen LogP contribution in [0.3, 0.4) is 0 Å². The summed E-state index contributed by atoms with van der Waals surface area (Å²) >= 11 is 2.68. The number of nitrogen functional groups attached to an aromatic ring is 1. The summed E-state index contributed by atoms with van der Waals surface area (Å²) < 4.78 is 7.06. The van der Waals surface area contributed by atoms with Gasteiger partial charge in [0, 0.05) is 30.9 Å². The molecule has 0 saturated carbocycles. The summed E-state index contributed by atoms with van der Waals surface area (Å²) in [6, 6.07) is 7.91. The fourth-order valence-electron chi connectivity index (χ4n) is 3.38. The van der Waals surface area contributed by atoms with Crippen molar-refractivity contribution in [3.63, 3.8) is 0 Å². The molecule has 2 N–H and O–H groups in total. The summed E-state index contributed by atoms with van der Waals surface area (Å²) in [5, 5.41) is 9.64. The molecule has 4 rings (SSSR count). The highest BCUT2D eigenvalue weighted by atomic mass is 32.1. The van der Waals surface area contributed by atoms with Crippen LogP contribution in [0.25, 0.3) is 10.1 Å². The number of rotatable bonds is 4. The number of fused-ring (bicyclic) bond motifs is 1. The largest absolute Gasteiger partial charge is 0.374 e. The predicted octanol–water partition coefficient (Wildman–Crippen LogP) is 2.18. The Morgan fingerprint density at radius 1 is 1.28 bits per heavy atom. The third-order valence-corrected chi connectivity index (χ3v) is 6.69. The van der Waals surface area contributed by atoms with Gasteiger partial charge >= 0.3 is 0 Å². The Kier molecular flexibility index (Phi) is 5.48. The summed E-state index contributed by atoms with van der Waals surface area (Å²) in [7, 11) is 3.48. The lowest BCUT2D eigenvalue weighted by Crippen LogP contribution is -2.43. The van der Waals surface area contributed by atoms with Crippen molar-refractivity contribution in [3.05, 3.63) is 39.7 Å². The molecule has 0 radical (unpaired) electrons. The topological polar surface area (TPSA) is 102 Å². The van der Waals surface area contributed by atoms with E-state index >= 15 is 0 Å². The second kappa shape index (κ2) is 8.05. The lowest BCUT2D eigenvalue weighted by atomic mass is 10.0. The third kappa shape index (κ3) is 3.96. The van der Waals surface area contributed by atoms with E-state index in [2.05, 4.69) is 10.2 Å². The van der Waals surface area contributed by atoms with E-state index < -0.39 is 0 Å². The number of aromatic nitrogens is 2. The highest BCUT2D eigenvalue weighted by Gasteiger charge is 2.32. The van der Waals surface area contributed by atoms with Gasteiger partial charge in [-0.05, 0) is 11.5 Å². The molecule has 0 aliphatic carbocycles. The zero-order valence-corrected chi connectivity index (χ0v) is 17.8. The highest BCUT2D eigenvalue weighted by molar-refractivity contribution is 7.21. The fraction of sp³-hybridized carbons (Fsp3) is 0.368. The van der Waals surface area contributed by atoms with Gasteiger partial charge in [0.1, 0.15) is 11.1 Å². The first kappa shape index (κ1) is 19.7. The molecule has 0 unspecified atom stereocenters. The number of anilines is 1. The second-order valence-electron chi connectivity index (χ2n) is 6.95. The Morgan fingerprint density at radius 3 is 2.79 bits per heavy atom. The van der Waals surface area contributed by atoms with Crippen LogP contribution in [0.1, 0.15) is 26.3 Å². The Hall–Kier alpha value is -2.56. The van der Waals surface area contributed by atoms with Gasteiger partial charge in [0.25, 0.3) is 5.91 Å². The predicted molar refractivity (Wildman–Crippen MR) is 113 cm³/mol. The maximum atomic E-state index is 12.8. The highest BCUT2D eigenvalue weighted by Crippen LogP contribution is 2.38. The van der Waals surface area contributed by atoms with Crippen molar-refractivity contribution < 1.29 is 14.3 Å². The number of hydrogen-bond donors (Lipinski definition) is 1. The van der Waals surface area contributed by atoms with Crippen LogP contribution in [-0.2, 0) is 16.0 Å². The van der Waals surface area contributed by atoms with Crippen LogP contribution in [0, 0.1) is 0 Å². The summed E-state index contributed by atoms with van der Waals surface area (Å²) in [6.45, 7) is 1.30. The number of amides is 2. The van der Waals surface area contributed by atoms with Gasteiger partial charge in [-0.25, -0.2) is 0 Å². The SMILES string of the molecule is CN(C)C(=O)c1sc2ccccc2c1[C@H]1CN(C(=O)Cc2nnc(N)s2)CCO1. The molecule has 1 aliphatic heterocycles. The normalized spacial score (nSPS) is 16.9.